The largest absolute Gasteiger partial charge is 0.322 e. The van der Waals surface area contributed by atoms with Crippen molar-refractivity contribution in [1.29, 1.82) is 0 Å². The first kappa shape index (κ1) is 14.0. The highest BCUT2D eigenvalue weighted by molar-refractivity contribution is 5.92. The second kappa shape index (κ2) is 4.95. The number of hydrogen-bond donors (Lipinski definition) is 1. The van der Waals surface area contributed by atoms with E-state index in [1.165, 1.54) is 25.7 Å². The first-order valence-electron chi connectivity index (χ1n) is 8.90. The van der Waals surface area contributed by atoms with Gasteiger partial charge in [0.05, 0.1) is 11.7 Å². The van der Waals surface area contributed by atoms with E-state index in [9.17, 15) is 4.79 Å². The smallest absolute Gasteiger partial charge is 0.244 e. The van der Waals surface area contributed by atoms with Crippen LogP contribution in [-0.4, -0.2) is 53.6 Å². The normalized spacial score (nSPS) is 40.4. The van der Waals surface area contributed by atoms with Crippen molar-refractivity contribution in [2.75, 3.05) is 20.1 Å². The highest BCUT2D eigenvalue weighted by Gasteiger charge is 2.61. The van der Waals surface area contributed by atoms with Crippen LogP contribution in [0, 0.1) is 11.8 Å². The molecule has 2 saturated carbocycles. The van der Waals surface area contributed by atoms with Gasteiger partial charge >= 0.3 is 0 Å². The lowest BCUT2D eigenvalue weighted by Crippen LogP contribution is -2.55. The maximum absolute atomic E-state index is 13.0. The fraction of sp³-hybridized carbons (Fsp3) is 0.941. The minimum Gasteiger partial charge on any atom is -0.322 e. The van der Waals surface area contributed by atoms with Crippen molar-refractivity contribution in [2.45, 2.75) is 69.6 Å². The van der Waals surface area contributed by atoms with Gasteiger partial charge in [0.1, 0.15) is 0 Å². The summed E-state index contributed by atoms with van der Waals surface area (Å²) in [6.07, 6.45) is 8.90. The number of hydrogen-bond acceptors (Lipinski definition) is 3. The van der Waals surface area contributed by atoms with Crippen molar-refractivity contribution in [3.63, 3.8) is 0 Å². The van der Waals surface area contributed by atoms with Crippen LogP contribution in [0.2, 0.25) is 0 Å². The number of likely N-dealkylation sites (tertiary alicyclic amines) is 1. The Morgan fingerprint density at radius 2 is 1.90 bits per heavy atom. The van der Waals surface area contributed by atoms with E-state index in [-0.39, 0.29) is 5.54 Å². The van der Waals surface area contributed by atoms with Gasteiger partial charge in [0.25, 0.3) is 0 Å². The van der Waals surface area contributed by atoms with E-state index in [1.807, 2.05) is 0 Å². The van der Waals surface area contributed by atoms with Gasteiger partial charge in [0, 0.05) is 12.6 Å². The lowest BCUT2D eigenvalue weighted by atomic mass is 9.91. The molecule has 118 valence electrons. The molecule has 4 fully saturated rings. The van der Waals surface area contributed by atoms with Gasteiger partial charge in [0.2, 0.25) is 5.91 Å². The Kier molecular flexibility index (Phi) is 3.30. The third-order valence-electron chi connectivity index (χ3n) is 6.38. The molecule has 1 N–H and O–H groups in total. The quantitative estimate of drug-likeness (QED) is 0.843. The molecule has 2 aliphatic heterocycles. The summed E-state index contributed by atoms with van der Waals surface area (Å²) in [4.78, 5) is 17.8. The summed E-state index contributed by atoms with van der Waals surface area (Å²) in [5, 5.41) is 3.77. The van der Waals surface area contributed by atoms with Crippen molar-refractivity contribution in [3.8, 4) is 0 Å². The third-order valence-corrected chi connectivity index (χ3v) is 6.38. The zero-order valence-corrected chi connectivity index (χ0v) is 13.5. The predicted molar refractivity (Wildman–Crippen MR) is 82.8 cm³/mol. The topological polar surface area (TPSA) is 35.6 Å². The molecule has 4 rings (SSSR count). The van der Waals surface area contributed by atoms with Gasteiger partial charge in [0.15, 0.2) is 0 Å². The van der Waals surface area contributed by atoms with Gasteiger partial charge in [-0.3, -0.25) is 10.1 Å². The summed E-state index contributed by atoms with van der Waals surface area (Å²) >= 11 is 0. The van der Waals surface area contributed by atoms with Crippen LogP contribution in [0.4, 0.5) is 0 Å². The maximum atomic E-state index is 13.0. The monoisotopic (exact) mass is 291 g/mol. The first-order valence-corrected chi connectivity index (χ1v) is 8.90. The Balaban J connectivity index is 1.58. The molecular weight excluding hydrogens is 262 g/mol. The molecular formula is C17H29N3O. The number of nitrogens with one attached hydrogen (secondary N) is 1. The van der Waals surface area contributed by atoms with Gasteiger partial charge in [-0.25, -0.2) is 0 Å². The van der Waals surface area contributed by atoms with Gasteiger partial charge in [-0.05, 0) is 57.5 Å². The van der Waals surface area contributed by atoms with Crippen molar-refractivity contribution >= 4 is 5.91 Å². The zero-order valence-electron chi connectivity index (χ0n) is 13.5. The Labute approximate surface area is 128 Å². The van der Waals surface area contributed by atoms with Crippen LogP contribution in [0.1, 0.15) is 51.9 Å². The van der Waals surface area contributed by atoms with E-state index in [2.05, 4.69) is 29.1 Å². The molecule has 1 spiro atoms. The van der Waals surface area contributed by atoms with Crippen LogP contribution in [0.3, 0.4) is 0 Å². The van der Waals surface area contributed by atoms with Crippen molar-refractivity contribution in [1.82, 2.24) is 15.1 Å². The molecule has 0 aromatic carbocycles. The molecule has 2 aliphatic carbocycles. The molecule has 0 aromatic heterocycles. The number of nitrogens with zero attached hydrogens (tertiary/aromatic N) is 2. The Morgan fingerprint density at radius 1 is 1.19 bits per heavy atom. The molecule has 0 aromatic rings. The molecule has 0 bridgehead atoms. The number of amides is 1. The molecule has 2 heterocycles. The first-order chi connectivity index (χ1) is 10.1. The minimum atomic E-state index is -0.143. The SMILES string of the molecule is CC1CN(C)CCC1N1C(=O)C2(CC2)NC1C1CCCC1. The summed E-state index contributed by atoms with van der Waals surface area (Å²) in [6.45, 7) is 4.58. The van der Waals surface area contributed by atoms with Gasteiger partial charge in [-0.2, -0.15) is 0 Å². The molecule has 4 aliphatic rings. The second-order valence-corrected chi connectivity index (χ2v) is 8.02. The summed E-state index contributed by atoms with van der Waals surface area (Å²) in [5.41, 5.74) is -0.143. The second-order valence-electron chi connectivity index (χ2n) is 8.02. The van der Waals surface area contributed by atoms with Crippen molar-refractivity contribution in [3.05, 3.63) is 0 Å². The number of rotatable bonds is 2. The molecule has 4 heteroatoms. The lowest BCUT2D eigenvalue weighted by Gasteiger charge is -2.43. The van der Waals surface area contributed by atoms with Crippen LogP contribution >= 0.6 is 0 Å². The summed E-state index contributed by atoms with van der Waals surface area (Å²) < 4.78 is 0. The van der Waals surface area contributed by atoms with E-state index in [4.69, 9.17) is 0 Å². The fourth-order valence-electron chi connectivity index (χ4n) is 5.00. The van der Waals surface area contributed by atoms with Crippen LogP contribution in [-0.2, 0) is 4.79 Å². The van der Waals surface area contributed by atoms with E-state index in [0.29, 0.717) is 30.0 Å². The summed E-state index contributed by atoms with van der Waals surface area (Å²) in [7, 11) is 2.20. The minimum absolute atomic E-state index is 0.143. The van der Waals surface area contributed by atoms with Crippen molar-refractivity contribution in [2.24, 2.45) is 11.8 Å². The van der Waals surface area contributed by atoms with E-state index < -0.39 is 0 Å². The molecule has 2 saturated heterocycles. The van der Waals surface area contributed by atoms with E-state index in [0.717, 1.165) is 32.4 Å². The van der Waals surface area contributed by atoms with Crippen LogP contribution in [0.5, 0.6) is 0 Å². The number of carbonyl (C=O) groups is 1. The Bertz CT molecular complexity index is 428. The maximum Gasteiger partial charge on any atom is 0.244 e. The molecule has 3 unspecified atom stereocenters. The van der Waals surface area contributed by atoms with Crippen molar-refractivity contribution < 1.29 is 4.79 Å². The average molecular weight is 291 g/mol. The standard InChI is InChI=1S/C17H29N3O/c1-12-11-19(2)10-7-14(12)20-15(13-5-3-4-6-13)18-17(8-9-17)16(20)21/h12-15,18H,3-11H2,1-2H3. The molecule has 3 atom stereocenters. The van der Waals surface area contributed by atoms with Crippen LogP contribution in [0.15, 0.2) is 0 Å². The number of piperidine rings is 1. The predicted octanol–water partition coefficient (Wildman–Crippen LogP) is 1.81. The van der Waals surface area contributed by atoms with Gasteiger partial charge < -0.3 is 9.80 Å². The Morgan fingerprint density at radius 3 is 2.52 bits per heavy atom. The lowest BCUT2D eigenvalue weighted by molar-refractivity contribution is -0.136. The van der Waals surface area contributed by atoms with Gasteiger partial charge in [-0.15, -0.1) is 0 Å². The Hall–Kier alpha value is -0.610. The average Bonchev–Trinajstić information content (AvgIpc) is 2.92. The molecule has 21 heavy (non-hydrogen) atoms. The molecule has 0 radical (unpaired) electrons. The van der Waals surface area contributed by atoms with E-state index in [1.54, 1.807) is 0 Å². The molecule has 1 amide bonds. The van der Waals surface area contributed by atoms with Gasteiger partial charge in [-0.1, -0.05) is 19.8 Å². The summed E-state index contributed by atoms with van der Waals surface area (Å²) in [6, 6.07) is 0.451. The summed E-state index contributed by atoms with van der Waals surface area (Å²) in [5.74, 6) is 1.72. The third kappa shape index (κ3) is 2.22. The molecule has 4 nitrogen and oxygen atoms in total. The highest BCUT2D eigenvalue weighted by Crippen LogP contribution is 2.47. The fourth-order valence-corrected chi connectivity index (χ4v) is 5.00. The number of carbonyl (C=O) groups excluding carboxylic acids is 1. The van der Waals surface area contributed by atoms with E-state index >= 15 is 0 Å². The zero-order chi connectivity index (χ0) is 14.6. The highest BCUT2D eigenvalue weighted by atomic mass is 16.2. The van der Waals surface area contributed by atoms with Crippen LogP contribution < -0.4 is 5.32 Å². The van der Waals surface area contributed by atoms with Crippen LogP contribution in [0.25, 0.3) is 0 Å².